The number of alkyl halides is 2. The number of carbonyl (C=O) groups is 1. The Hall–Kier alpha value is -3.62. The van der Waals surface area contributed by atoms with Gasteiger partial charge in [-0.25, -0.2) is 18.3 Å². The number of halogens is 2. The second-order valence-corrected chi connectivity index (χ2v) is 7.07. The minimum absolute atomic E-state index is 0.0826. The van der Waals surface area contributed by atoms with Crippen molar-refractivity contribution in [3.05, 3.63) is 71.3 Å². The Bertz CT molecular complexity index is 1220. The van der Waals surface area contributed by atoms with Crippen molar-refractivity contribution in [2.24, 2.45) is 7.05 Å². The zero-order valence-electron chi connectivity index (χ0n) is 16.7. The lowest BCUT2D eigenvalue weighted by molar-refractivity contribution is 0.0941. The van der Waals surface area contributed by atoms with Gasteiger partial charge in [0.2, 0.25) is 0 Å². The molecule has 0 radical (unpaired) electrons. The molecule has 1 atom stereocenters. The van der Waals surface area contributed by atoms with Gasteiger partial charge in [0, 0.05) is 24.4 Å². The van der Waals surface area contributed by atoms with Crippen LogP contribution >= 0.6 is 0 Å². The summed E-state index contributed by atoms with van der Waals surface area (Å²) < 4.78 is 30.1. The molecule has 0 fully saturated rings. The van der Waals surface area contributed by atoms with Crippen LogP contribution in [0, 0.1) is 6.92 Å². The first-order valence-corrected chi connectivity index (χ1v) is 9.38. The van der Waals surface area contributed by atoms with Gasteiger partial charge in [-0.1, -0.05) is 30.3 Å². The molecule has 0 saturated heterocycles. The van der Waals surface area contributed by atoms with E-state index >= 15 is 0 Å². The van der Waals surface area contributed by atoms with Crippen LogP contribution in [0.25, 0.3) is 16.9 Å². The van der Waals surface area contributed by atoms with E-state index in [9.17, 15) is 13.6 Å². The molecule has 0 aliphatic carbocycles. The molecule has 7 nitrogen and oxygen atoms in total. The summed E-state index contributed by atoms with van der Waals surface area (Å²) in [5.41, 5.74) is 2.58. The van der Waals surface area contributed by atoms with Gasteiger partial charge in [0.1, 0.15) is 11.3 Å². The molecule has 3 aromatic heterocycles. The molecular weight excluding hydrogens is 390 g/mol. The smallest absolute Gasteiger partial charge is 0.280 e. The number of amides is 1. The highest BCUT2D eigenvalue weighted by molar-refractivity contribution is 6.00. The molecule has 1 aromatic carbocycles. The third kappa shape index (κ3) is 3.54. The average Bonchev–Trinajstić information content (AvgIpc) is 3.30. The molecule has 1 unspecified atom stereocenters. The predicted octanol–water partition coefficient (Wildman–Crippen LogP) is 3.87. The Morgan fingerprint density at radius 3 is 2.57 bits per heavy atom. The summed E-state index contributed by atoms with van der Waals surface area (Å²) in [7, 11) is 1.80. The zero-order chi connectivity index (χ0) is 21.4. The molecule has 0 bridgehead atoms. The standard InChI is InChI=1S/C21H20F2N6O/c1-12(16-11-28(3)27-13(16)2)25-21(30)15-10-24-29-18(19(22)23)9-17(26-20(15)29)14-7-5-4-6-8-14/h4-12,19H,1-3H3,(H,25,30). The van der Waals surface area contributed by atoms with Gasteiger partial charge < -0.3 is 5.32 Å². The van der Waals surface area contributed by atoms with Crippen molar-refractivity contribution in [1.82, 2.24) is 29.7 Å². The highest BCUT2D eigenvalue weighted by Gasteiger charge is 2.23. The number of hydrogen-bond acceptors (Lipinski definition) is 4. The molecule has 30 heavy (non-hydrogen) atoms. The van der Waals surface area contributed by atoms with Gasteiger partial charge >= 0.3 is 0 Å². The summed E-state index contributed by atoms with van der Waals surface area (Å²) in [6, 6.07) is 9.94. The molecule has 0 saturated carbocycles. The highest BCUT2D eigenvalue weighted by Crippen LogP contribution is 2.27. The maximum atomic E-state index is 13.7. The van der Waals surface area contributed by atoms with Gasteiger partial charge in [-0.05, 0) is 19.9 Å². The van der Waals surface area contributed by atoms with Gasteiger partial charge in [-0.2, -0.15) is 10.2 Å². The number of nitrogens with zero attached hydrogens (tertiary/aromatic N) is 5. The summed E-state index contributed by atoms with van der Waals surface area (Å²) >= 11 is 0. The normalized spacial score (nSPS) is 12.5. The number of aromatic nitrogens is 5. The van der Waals surface area contributed by atoms with Crippen LogP contribution in [-0.4, -0.2) is 30.3 Å². The second kappa shape index (κ2) is 7.66. The van der Waals surface area contributed by atoms with E-state index in [0.717, 1.165) is 15.8 Å². The molecule has 1 N–H and O–H groups in total. The van der Waals surface area contributed by atoms with Crippen molar-refractivity contribution >= 4 is 11.6 Å². The van der Waals surface area contributed by atoms with Crippen LogP contribution in [0.15, 0.2) is 48.8 Å². The molecule has 0 aliphatic heterocycles. The van der Waals surface area contributed by atoms with Crippen LogP contribution in [0.2, 0.25) is 0 Å². The number of aryl methyl sites for hydroxylation is 2. The van der Waals surface area contributed by atoms with Crippen molar-refractivity contribution in [2.45, 2.75) is 26.3 Å². The number of carbonyl (C=O) groups excluding carboxylic acids is 1. The molecule has 0 aliphatic rings. The van der Waals surface area contributed by atoms with E-state index in [1.807, 2.05) is 26.1 Å². The van der Waals surface area contributed by atoms with Gasteiger partial charge in [0.05, 0.1) is 23.6 Å². The van der Waals surface area contributed by atoms with E-state index in [1.165, 1.54) is 12.3 Å². The van der Waals surface area contributed by atoms with E-state index in [-0.39, 0.29) is 22.9 Å². The largest absolute Gasteiger partial charge is 0.345 e. The first kappa shape index (κ1) is 19.7. The van der Waals surface area contributed by atoms with Crippen molar-refractivity contribution in [2.75, 3.05) is 0 Å². The predicted molar refractivity (Wildman–Crippen MR) is 107 cm³/mol. The van der Waals surface area contributed by atoms with Gasteiger partial charge in [0.15, 0.2) is 5.65 Å². The quantitative estimate of drug-likeness (QED) is 0.542. The molecule has 9 heteroatoms. The lowest BCUT2D eigenvalue weighted by Gasteiger charge is -2.13. The average molecular weight is 410 g/mol. The van der Waals surface area contributed by atoms with Crippen LogP contribution in [-0.2, 0) is 7.05 Å². The lowest BCUT2D eigenvalue weighted by Crippen LogP contribution is -2.27. The van der Waals surface area contributed by atoms with Crippen LogP contribution in [0.4, 0.5) is 8.78 Å². The number of fused-ring (bicyclic) bond motifs is 1. The molecule has 1 amide bonds. The number of nitrogens with one attached hydrogen (secondary N) is 1. The fourth-order valence-electron chi connectivity index (χ4n) is 3.45. The van der Waals surface area contributed by atoms with E-state index in [4.69, 9.17) is 0 Å². The molecule has 154 valence electrons. The van der Waals surface area contributed by atoms with Gasteiger partial charge in [0.25, 0.3) is 12.3 Å². The zero-order valence-corrected chi connectivity index (χ0v) is 16.7. The SMILES string of the molecule is Cc1nn(C)cc1C(C)NC(=O)c1cnn2c(C(F)F)cc(-c3ccccc3)nc12. The van der Waals surface area contributed by atoms with E-state index in [0.29, 0.717) is 11.3 Å². The first-order chi connectivity index (χ1) is 14.3. The minimum Gasteiger partial charge on any atom is -0.345 e. The van der Waals surface area contributed by atoms with Crippen LogP contribution < -0.4 is 5.32 Å². The molecular formula is C21H20F2N6O. The Morgan fingerprint density at radius 1 is 1.20 bits per heavy atom. The maximum absolute atomic E-state index is 13.7. The third-order valence-corrected chi connectivity index (χ3v) is 4.90. The summed E-state index contributed by atoms with van der Waals surface area (Å²) in [6.07, 6.45) is 0.323. The second-order valence-electron chi connectivity index (χ2n) is 7.07. The Balaban J connectivity index is 1.75. The van der Waals surface area contributed by atoms with Crippen molar-refractivity contribution in [3.63, 3.8) is 0 Å². The highest BCUT2D eigenvalue weighted by atomic mass is 19.3. The van der Waals surface area contributed by atoms with Crippen molar-refractivity contribution in [1.29, 1.82) is 0 Å². The van der Waals surface area contributed by atoms with E-state index in [1.54, 1.807) is 36.0 Å². The fraction of sp³-hybridized carbons (Fsp3) is 0.238. The number of rotatable bonds is 5. The van der Waals surface area contributed by atoms with Crippen molar-refractivity contribution in [3.8, 4) is 11.3 Å². The van der Waals surface area contributed by atoms with Crippen LogP contribution in [0.3, 0.4) is 0 Å². The Kier molecular flexibility index (Phi) is 5.03. The monoisotopic (exact) mass is 410 g/mol. The fourth-order valence-corrected chi connectivity index (χ4v) is 3.45. The van der Waals surface area contributed by atoms with Gasteiger partial charge in [-0.3, -0.25) is 9.48 Å². The Labute approximate surface area is 171 Å². The van der Waals surface area contributed by atoms with Gasteiger partial charge in [-0.15, -0.1) is 0 Å². The molecule has 4 rings (SSSR count). The number of benzene rings is 1. The lowest BCUT2D eigenvalue weighted by atomic mass is 10.1. The first-order valence-electron chi connectivity index (χ1n) is 9.38. The molecule has 0 spiro atoms. The molecule has 4 aromatic rings. The van der Waals surface area contributed by atoms with E-state index < -0.39 is 12.3 Å². The van der Waals surface area contributed by atoms with Crippen LogP contribution in [0.5, 0.6) is 0 Å². The van der Waals surface area contributed by atoms with Crippen molar-refractivity contribution < 1.29 is 13.6 Å². The topological polar surface area (TPSA) is 77.1 Å². The summed E-state index contributed by atoms with van der Waals surface area (Å²) in [5.74, 6) is -0.446. The third-order valence-electron chi connectivity index (χ3n) is 4.90. The van der Waals surface area contributed by atoms with E-state index in [2.05, 4.69) is 20.5 Å². The summed E-state index contributed by atoms with van der Waals surface area (Å²) in [6.45, 7) is 3.69. The Morgan fingerprint density at radius 2 is 1.93 bits per heavy atom. The molecule has 3 heterocycles. The van der Waals surface area contributed by atoms with Crippen LogP contribution in [0.1, 0.15) is 46.7 Å². The summed E-state index contributed by atoms with van der Waals surface area (Å²) in [5, 5.41) is 11.2. The number of hydrogen-bond donors (Lipinski definition) is 1. The minimum atomic E-state index is -2.77. The maximum Gasteiger partial charge on any atom is 0.280 e. The summed E-state index contributed by atoms with van der Waals surface area (Å²) in [4.78, 5) is 17.4.